The number of halogens is 2. The van der Waals surface area contributed by atoms with Crippen LogP contribution in [0, 0.1) is 5.82 Å². The van der Waals surface area contributed by atoms with Crippen LogP contribution in [0.15, 0.2) is 30.6 Å². The lowest BCUT2D eigenvalue weighted by Gasteiger charge is -2.35. The molecule has 2 aromatic carbocycles. The Morgan fingerprint density at radius 1 is 1.24 bits per heavy atom. The van der Waals surface area contributed by atoms with Crippen molar-refractivity contribution in [3.63, 3.8) is 0 Å². The van der Waals surface area contributed by atoms with E-state index in [-0.39, 0.29) is 22.1 Å². The second-order valence-electron chi connectivity index (χ2n) is 7.23. The molecule has 6 rings (SSSR count). The number of fused-ring (bicyclic) bond motifs is 3. The van der Waals surface area contributed by atoms with E-state index in [1.54, 1.807) is 0 Å². The molecule has 2 aliphatic heterocycles. The van der Waals surface area contributed by atoms with E-state index in [4.69, 9.17) is 16.3 Å². The van der Waals surface area contributed by atoms with E-state index < -0.39 is 5.82 Å². The number of H-pyrrole nitrogens is 1. The fourth-order valence-electron chi connectivity index (χ4n) is 4.27. The number of ether oxygens (including phenoxy) is 1. The Morgan fingerprint density at radius 3 is 3.07 bits per heavy atom. The van der Waals surface area contributed by atoms with Crippen LogP contribution in [0.4, 0.5) is 10.2 Å². The number of hydrogen-bond acceptors (Lipinski definition) is 6. The highest BCUT2D eigenvalue weighted by Crippen LogP contribution is 2.47. The van der Waals surface area contributed by atoms with Crippen molar-refractivity contribution in [1.29, 1.82) is 0 Å². The Hall–Kier alpha value is -2.97. The lowest BCUT2D eigenvalue weighted by Crippen LogP contribution is -2.53. The molecule has 9 heteroatoms. The van der Waals surface area contributed by atoms with Gasteiger partial charge in [-0.1, -0.05) is 29.8 Å². The second-order valence-corrected chi connectivity index (χ2v) is 7.61. The van der Waals surface area contributed by atoms with Gasteiger partial charge in [-0.15, -0.1) is 0 Å². The summed E-state index contributed by atoms with van der Waals surface area (Å²) in [5, 5.41) is 12.1. The Bertz CT molecular complexity index is 1280. The molecule has 0 aliphatic carbocycles. The zero-order valence-corrected chi connectivity index (χ0v) is 16.0. The summed E-state index contributed by atoms with van der Waals surface area (Å²) in [6.07, 6.45) is 1.40. The van der Waals surface area contributed by atoms with Gasteiger partial charge in [-0.3, -0.25) is 5.10 Å². The lowest BCUT2D eigenvalue weighted by molar-refractivity contribution is 0.274. The fourth-order valence-corrected chi connectivity index (χ4v) is 4.59. The molecule has 0 saturated carbocycles. The van der Waals surface area contributed by atoms with E-state index >= 15 is 4.39 Å². The van der Waals surface area contributed by atoms with Crippen LogP contribution in [-0.2, 0) is 0 Å². The van der Waals surface area contributed by atoms with Gasteiger partial charge in [0, 0.05) is 25.0 Å². The fraction of sp³-hybridized carbons (Fsp3) is 0.250. The standard InChI is InChI=1S/C20H16ClFN6O/c21-15-13(17-11-3-1-2-4-12(11)26-27-17)16(22)18-14-19(15)29-8-10-7-23-5-6-28(10)20(14)25-9-24-18/h1-4,9-10,23H,5-8H2,(H,26,27)/t10-/m0/s1. The maximum atomic E-state index is 15.8. The van der Waals surface area contributed by atoms with Crippen LogP contribution in [0.3, 0.4) is 0 Å². The van der Waals surface area contributed by atoms with Gasteiger partial charge in [0.2, 0.25) is 0 Å². The number of aromatic amines is 1. The van der Waals surface area contributed by atoms with Crippen LogP contribution in [0.25, 0.3) is 33.1 Å². The number of aromatic nitrogens is 4. The third-order valence-electron chi connectivity index (χ3n) is 5.65. The normalized spacial score (nSPS) is 18.6. The average Bonchev–Trinajstić information content (AvgIpc) is 3.09. The highest BCUT2D eigenvalue weighted by molar-refractivity contribution is 6.37. The van der Waals surface area contributed by atoms with Gasteiger partial charge in [-0.05, 0) is 6.07 Å². The number of nitrogens with one attached hydrogen (secondary N) is 2. The molecular formula is C20H16ClFN6O. The van der Waals surface area contributed by atoms with Crippen molar-refractivity contribution in [2.24, 2.45) is 0 Å². The average molecular weight is 411 g/mol. The zero-order chi connectivity index (χ0) is 19.5. The van der Waals surface area contributed by atoms with Crippen molar-refractivity contribution in [2.75, 3.05) is 31.1 Å². The Morgan fingerprint density at radius 2 is 2.14 bits per heavy atom. The maximum Gasteiger partial charge on any atom is 0.160 e. The first-order chi connectivity index (χ1) is 14.2. The van der Waals surface area contributed by atoms with Crippen molar-refractivity contribution in [1.82, 2.24) is 25.5 Å². The van der Waals surface area contributed by atoms with Crippen molar-refractivity contribution in [2.45, 2.75) is 6.04 Å². The highest BCUT2D eigenvalue weighted by Gasteiger charge is 2.34. The molecule has 4 heterocycles. The predicted molar refractivity (Wildman–Crippen MR) is 109 cm³/mol. The van der Waals surface area contributed by atoms with Crippen molar-refractivity contribution in [3.8, 4) is 17.0 Å². The molecule has 2 N–H and O–H groups in total. The molecule has 1 saturated heterocycles. The van der Waals surface area contributed by atoms with Crippen molar-refractivity contribution >= 4 is 39.2 Å². The molecule has 1 fully saturated rings. The number of piperazine rings is 1. The van der Waals surface area contributed by atoms with Gasteiger partial charge in [-0.25, -0.2) is 14.4 Å². The van der Waals surface area contributed by atoms with Crippen molar-refractivity contribution < 1.29 is 9.13 Å². The van der Waals surface area contributed by atoms with E-state index in [1.165, 1.54) is 6.33 Å². The third-order valence-corrected chi connectivity index (χ3v) is 6.01. The summed E-state index contributed by atoms with van der Waals surface area (Å²) in [5.41, 5.74) is 1.62. The molecule has 146 valence electrons. The van der Waals surface area contributed by atoms with Crippen molar-refractivity contribution in [3.05, 3.63) is 41.4 Å². The van der Waals surface area contributed by atoms with Crippen LogP contribution < -0.4 is 15.0 Å². The Kier molecular flexibility index (Phi) is 3.66. The minimum absolute atomic E-state index is 0.0861. The van der Waals surface area contributed by atoms with Gasteiger partial charge >= 0.3 is 0 Å². The molecule has 2 aromatic heterocycles. The summed E-state index contributed by atoms with van der Waals surface area (Å²) >= 11 is 6.75. The second kappa shape index (κ2) is 6.27. The molecule has 2 aliphatic rings. The summed E-state index contributed by atoms with van der Waals surface area (Å²) in [6, 6.07) is 7.62. The first-order valence-corrected chi connectivity index (χ1v) is 9.81. The minimum atomic E-state index is -0.521. The molecular weight excluding hydrogens is 395 g/mol. The summed E-state index contributed by atoms with van der Waals surface area (Å²) in [5.74, 6) is 0.551. The number of anilines is 1. The summed E-state index contributed by atoms with van der Waals surface area (Å²) in [6.45, 7) is 2.76. The Labute approximate surface area is 169 Å². The molecule has 0 bridgehead atoms. The molecule has 1 atom stereocenters. The maximum absolute atomic E-state index is 15.8. The van der Waals surface area contributed by atoms with Crippen LogP contribution in [0.1, 0.15) is 0 Å². The quantitative estimate of drug-likeness (QED) is 0.502. The molecule has 29 heavy (non-hydrogen) atoms. The topological polar surface area (TPSA) is 79.0 Å². The monoisotopic (exact) mass is 410 g/mol. The van der Waals surface area contributed by atoms with Gasteiger partial charge in [-0.2, -0.15) is 5.10 Å². The van der Waals surface area contributed by atoms with Crippen LogP contribution >= 0.6 is 11.6 Å². The number of rotatable bonds is 1. The minimum Gasteiger partial charge on any atom is -0.489 e. The largest absolute Gasteiger partial charge is 0.489 e. The number of para-hydroxylation sites is 1. The molecule has 7 nitrogen and oxygen atoms in total. The van der Waals surface area contributed by atoms with E-state index in [1.807, 2.05) is 24.3 Å². The van der Waals surface area contributed by atoms with E-state index in [0.717, 1.165) is 30.5 Å². The molecule has 4 aromatic rings. The van der Waals surface area contributed by atoms with Gasteiger partial charge in [0.1, 0.15) is 30.0 Å². The molecule has 0 amide bonds. The van der Waals surface area contributed by atoms with Gasteiger partial charge < -0.3 is 15.0 Å². The van der Waals surface area contributed by atoms with Gasteiger partial charge in [0.15, 0.2) is 11.6 Å². The number of nitrogens with zero attached hydrogens (tertiary/aromatic N) is 4. The molecule has 0 spiro atoms. The van der Waals surface area contributed by atoms with Gasteiger partial charge in [0.25, 0.3) is 0 Å². The van der Waals surface area contributed by atoms with Crippen LogP contribution in [0.2, 0.25) is 5.02 Å². The summed E-state index contributed by atoms with van der Waals surface area (Å²) in [4.78, 5) is 10.9. The van der Waals surface area contributed by atoms with Gasteiger partial charge in [0.05, 0.1) is 27.5 Å². The lowest BCUT2D eigenvalue weighted by atomic mass is 10.0. The van der Waals surface area contributed by atoms with Crippen LogP contribution in [0.5, 0.6) is 5.75 Å². The SMILES string of the molecule is Fc1c(-c2n[nH]c3ccccc23)c(Cl)c2c3c(ncnc13)N1CCNC[C@H]1CO2. The highest BCUT2D eigenvalue weighted by atomic mass is 35.5. The third kappa shape index (κ3) is 2.36. The first-order valence-electron chi connectivity index (χ1n) is 9.43. The summed E-state index contributed by atoms with van der Waals surface area (Å²) < 4.78 is 21.9. The zero-order valence-electron chi connectivity index (χ0n) is 15.2. The predicted octanol–water partition coefficient (Wildman–Crippen LogP) is 3.14. The van der Waals surface area contributed by atoms with E-state index in [2.05, 4.69) is 30.4 Å². The summed E-state index contributed by atoms with van der Waals surface area (Å²) in [7, 11) is 0. The number of hydrogen-bond donors (Lipinski definition) is 2. The Balaban J connectivity index is 1.68. The smallest absolute Gasteiger partial charge is 0.160 e. The van der Waals surface area contributed by atoms with E-state index in [0.29, 0.717) is 29.3 Å². The molecule has 0 radical (unpaired) electrons. The molecule has 0 unspecified atom stereocenters. The number of benzene rings is 2. The van der Waals surface area contributed by atoms with E-state index in [9.17, 15) is 0 Å². The van der Waals surface area contributed by atoms with Crippen LogP contribution in [-0.4, -0.2) is 52.4 Å². The first kappa shape index (κ1) is 16.9.